The van der Waals surface area contributed by atoms with Crippen LogP contribution in [0.4, 0.5) is 0 Å². The zero-order valence-corrected chi connectivity index (χ0v) is 14.4. The third kappa shape index (κ3) is 2.89. The number of nitrogens with one attached hydrogen (secondary N) is 1. The first-order valence-electron chi connectivity index (χ1n) is 8.49. The lowest BCUT2D eigenvalue weighted by Crippen LogP contribution is -2.40. The molecule has 0 radical (unpaired) electrons. The van der Waals surface area contributed by atoms with Gasteiger partial charge in [0.25, 0.3) is 0 Å². The molecule has 0 bridgehead atoms. The van der Waals surface area contributed by atoms with E-state index in [0.717, 1.165) is 12.1 Å². The number of fused-ring (bicyclic) bond motifs is 3. The molecule has 0 aliphatic rings. The third-order valence-electron chi connectivity index (χ3n) is 4.61. The van der Waals surface area contributed by atoms with Gasteiger partial charge in [0.05, 0.1) is 0 Å². The summed E-state index contributed by atoms with van der Waals surface area (Å²) in [4.78, 5) is 11.3. The molecule has 1 atom stereocenters. The summed E-state index contributed by atoms with van der Waals surface area (Å²) in [6, 6.07) is 14.3. The van der Waals surface area contributed by atoms with Crippen LogP contribution in [-0.4, -0.2) is 21.7 Å². The van der Waals surface area contributed by atoms with Crippen LogP contribution in [0.5, 0.6) is 0 Å². The molecule has 24 heavy (non-hydrogen) atoms. The first-order valence-corrected chi connectivity index (χ1v) is 8.49. The highest BCUT2D eigenvalue weighted by molar-refractivity contribution is 6.08. The van der Waals surface area contributed by atoms with E-state index in [1.807, 2.05) is 13.8 Å². The number of carboxylic acid groups (broad SMARTS) is 1. The molecule has 2 N–H and O–H groups in total. The largest absolute Gasteiger partial charge is 0.480 e. The van der Waals surface area contributed by atoms with Gasteiger partial charge in [0, 0.05) is 34.9 Å². The van der Waals surface area contributed by atoms with E-state index in [9.17, 15) is 9.90 Å². The molecule has 1 heterocycles. The predicted octanol–water partition coefficient (Wildman–Crippen LogP) is 4.01. The Morgan fingerprint density at radius 2 is 1.83 bits per heavy atom. The number of aliphatic carboxylic acids is 1. The van der Waals surface area contributed by atoms with Gasteiger partial charge in [-0.05, 0) is 36.6 Å². The van der Waals surface area contributed by atoms with Gasteiger partial charge in [0.2, 0.25) is 0 Å². The van der Waals surface area contributed by atoms with Crippen molar-refractivity contribution in [3.8, 4) is 0 Å². The van der Waals surface area contributed by atoms with Crippen molar-refractivity contribution in [2.24, 2.45) is 5.92 Å². The van der Waals surface area contributed by atoms with Crippen LogP contribution in [0.2, 0.25) is 0 Å². The Balaban J connectivity index is 1.97. The second-order valence-electron chi connectivity index (χ2n) is 6.55. The molecule has 126 valence electrons. The molecule has 4 nitrogen and oxygen atoms in total. The van der Waals surface area contributed by atoms with Gasteiger partial charge in [0.1, 0.15) is 6.04 Å². The lowest BCUT2D eigenvalue weighted by Gasteiger charge is -2.18. The van der Waals surface area contributed by atoms with Crippen LogP contribution in [-0.2, 0) is 17.9 Å². The molecule has 0 fully saturated rings. The van der Waals surface area contributed by atoms with Crippen LogP contribution in [0.3, 0.4) is 0 Å². The number of hydrogen-bond donors (Lipinski definition) is 2. The van der Waals surface area contributed by atoms with Gasteiger partial charge >= 0.3 is 5.97 Å². The van der Waals surface area contributed by atoms with E-state index in [0.29, 0.717) is 6.54 Å². The maximum absolute atomic E-state index is 11.3. The summed E-state index contributed by atoms with van der Waals surface area (Å²) >= 11 is 0. The van der Waals surface area contributed by atoms with Gasteiger partial charge in [-0.2, -0.15) is 0 Å². The minimum atomic E-state index is -0.798. The van der Waals surface area contributed by atoms with E-state index in [2.05, 4.69) is 59.3 Å². The number of rotatable bonds is 6. The molecule has 3 rings (SSSR count). The highest BCUT2D eigenvalue weighted by Gasteiger charge is 2.20. The molecule has 4 heteroatoms. The Kier molecular flexibility index (Phi) is 4.58. The van der Waals surface area contributed by atoms with Crippen molar-refractivity contribution in [1.82, 2.24) is 9.88 Å². The molecule has 0 aliphatic heterocycles. The van der Waals surface area contributed by atoms with Crippen molar-refractivity contribution >= 4 is 27.8 Å². The summed E-state index contributed by atoms with van der Waals surface area (Å²) in [6.45, 7) is 7.47. The Hall–Kier alpha value is -2.33. The van der Waals surface area contributed by atoms with Crippen molar-refractivity contribution in [2.75, 3.05) is 0 Å². The molecule has 0 spiro atoms. The summed E-state index contributed by atoms with van der Waals surface area (Å²) in [7, 11) is 0. The molecule has 0 saturated carbocycles. The van der Waals surface area contributed by atoms with E-state index < -0.39 is 12.0 Å². The first-order chi connectivity index (χ1) is 11.5. The average Bonchev–Trinajstić information content (AvgIpc) is 2.87. The summed E-state index contributed by atoms with van der Waals surface area (Å²) in [5, 5.41) is 14.9. The van der Waals surface area contributed by atoms with Crippen LogP contribution in [0.15, 0.2) is 42.5 Å². The molecule has 1 aromatic heterocycles. The summed E-state index contributed by atoms with van der Waals surface area (Å²) in [6.07, 6.45) is 0. The molecule has 3 aromatic rings. The summed E-state index contributed by atoms with van der Waals surface area (Å²) in [5.74, 6) is -0.748. The number of aromatic nitrogens is 1. The molecule has 0 amide bonds. The van der Waals surface area contributed by atoms with Gasteiger partial charge in [-0.25, -0.2) is 0 Å². The number of carbonyl (C=O) groups is 1. The van der Waals surface area contributed by atoms with Crippen LogP contribution in [0.25, 0.3) is 21.8 Å². The smallest absolute Gasteiger partial charge is 0.320 e. The Bertz CT molecular complexity index is 880. The number of carboxylic acids is 1. The molecular weight excluding hydrogens is 300 g/mol. The predicted molar refractivity (Wildman–Crippen MR) is 98.2 cm³/mol. The van der Waals surface area contributed by atoms with Crippen LogP contribution in [0.1, 0.15) is 26.3 Å². The molecule has 2 aromatic carbocycles. The normalized spacial score (nSPS) is 13.0. The van der Waals surface area contributed by atoms with Gasteiger partial charge in [-0.1, -0.05) is 38.1 Å². The molecule has 0 saturated heterocycles. The molecule has 0 aliphatic carbocycles. The third-order valence-corrected chi connectivity index (χ3v) is 4.61. The second kappa shape index (κ2) is 6.65. The molecular formula is C20H24N2O2. The fourth-order valence-electron chi connectivity index (χ4n) is 3.39. The van der Waals surface area contributed by atoms with Gasteiger partial charge in [-0.15, -0.1) is 0 Å². The van der Waals surface area contributed by atoms with E-state index >= 15 is 0 Å². The first kappa shape index (κ1) is 16.5. The maximum Gasteiger partial charge on any atom is 0.320 e. The van der Waals surface area contributed by atoms with Crippen molar-refractivity contribution in [3.63, 3.8) is 0 Å². The Morgan fingerprint density at radius 3 is 2.50 bits per heavy atom. The van der Waals surface area contributed by atoms with E-state index in [-0.39, 0.29) is 5.92 Å². The van der Waals surface area contributed by atoms with Crippen molar-refractivity contribution in [3.05, 3.63) is 48.0 Å². The van der Waals surface area contributed by atoms with Crippen LogP contribution in [0, 0.1) is 5.92 Å². The quantitative estimate of drug-likeness (QED) is 0.720. The number of benzene rings is 2. The van der Waals surface area contributed by atoms with E-state index in [1.54, 1.807) is 0 Å². The van der Waals surface area contributed by atoms with Gasteiger partial charge < -0.3 is 15.0 Å². The Morgan fingerprint density at radius 1 is 1.12 bits per heavy atom. The summed E-state index contributed by atoms with van der Waals surface area (Å²) in [5.41, 5.74) is 3.57. The maximum atomic E-state index is 11.3. The van der Waals surface area contributed by atoms with Crippen molar-refractivity contribution in [2.45, 2.75) is 39.9 Å². The minimum absolute atomic E-state index is 0.0493. The van der Waals surface area contributed by atoms with E-state index in [1.165, 1.54) is 21.8 Å². The van der Waals surface area contributed by atoms with Crippen LogP contribution < -0.4 is 5.32 Å². The fraction of sp³-hybridized carbons (Fsp3) is 0.350. The highest BCUT2D eigenvalue weighted by atomic mass is 16.4. The minimum Gasteiger partial charge on any atom is -0.480 e. The lowest BCUT2D eigenvalue weighted by atomic mass is 10.0. The zero-order chi connectivity index (χ0) is 17.3. The molecule has 1 unspecified atom stereocenters. The fourth-order valence-corrected chi connectivity index (χ4v) is 3.39. The lowest BCUT2D eigenvalue weighted by molar-refractivity contribution is -0.140. The zero-order valence-electron chi connectivity index (χ0n) is 14.4. The Labute approximate surface area is 142 Å². The van der Waals surface area contributed by atoms with Crippen LogP contribution >= 0.6 is 0 Å². The van der Waals surface area contributed by atoms with Crippen molar-refractivity contribution < 1.29 is 9.90 Å². The monoisotopic (exact) mass is 324 g/mol. The number of hydrogen-bond acceptors (Lipinski definition) is 2. The number of nitrogens with zero attached hydrogens (tertiary/aromatic N) is 1. The van der Waals surface area contributed by atoms with E-state index in [4.69, 9.17) is 0 Å². The van der Waals surface area contributed by atoms with Gasteiger partial charge in [-0.3, -0.25) is 4.79 Å². The second-order valence-corrected chi connectivity index (χ2v) is 6.55. The topological polar surface area (TPSA) is 54.3 Å². The highest BCUT2D eigenvalue weighted by Crippen LogP contribution is 2.29. The SMILES string of the molecule is CCn1c2ccccc2c2cc(CNC(C(=O)O)C(C)C)ccc21. The summed E-state index contributed by atoms with van der Waals surface area (Å²) < 4.78 is 2.32. The number of aryl methyl sites for hydroxylation is 1. The standard InChI is InChI=1S/C20H24N2O2/c1-4-22-17-8-6-5-7-15(17)16-11-14(9-10-18(16)22)12-21-19(13(2)3)20(23)24/h5-11,13,19,21H,4,12H2,1-3H3,(H,23,24). The van der Waals surface area contributed by atoms with Crippen molar-refractivity contribution in [1.29, 1.82) is 0 Å². The average molecular weight is 324 g/mol. The van der Waals surface area contributed by atoms with Gasteiger partial charge in [0.15, 0.2) is 0 Å². The number of para-hydroxylation sites is 1.